The zero-order valence-corrected chi connectivity index (χ0v) is 12.1. The first-order valence-corrected chi connectivity index (χ1v) is 7.42. The Balaban J connectivity index is 2.18. The smallest absolute Gasteiger partial charge is 0.346 e. The maximum absolute atomic E-state index is 11.5. The summed E-state index contributed by atoms with van der Waals surface area (Å²) in [7, 11) is 0. The van der Waals surface area contributed by atoms with Gasteiger partial charge in [-0.1, -0.05) is 24.3 Å². The molecule has 0 bridgehead atoms. The second-order valence-electron chi connectivity index (χ2n) is 4.70. The number of aromatic carboxylic acids is 1. The Morgan fingerprint density at radius 3 is 2.67 bits per heavy atom. The Kier molecular flexibility index (Phi) is 3.68. The minimum absolute atomic E-state index is 0.329. The van der Waals surface area contributed by atoms with E-state index in [0.29, 0.717) is 11.4 Å². The molecule has 0 saturated carbocycles. The Morgan fingerprint density at radius 1 is 1.24 bits per heavy atom. The molecule has 0 atom stereocenters. The topological polar surface area (TPSA) is 76.2 Å². The summed E-state index contributed by atoms with van der Waals surface area (Å²) in [5.41, 5.74) is 8.34. The molecule has 3 aromatic rings. The van der Waals surface area contributed by atoms with Crippen LogP contribution in [0.25, 0.3) is 21.3 Å². The number of benzene rings is 1. The average Bonchev–Trinajstić information content (AvgIpc) is 2.88. The molecule has 2 aromatic heterocycles. The maximum Gasteiger partial charge on any atom is 0.346 e. The minimum Gasteiger partial charge on any atom is -0.477 e. The molecule has 0 saturated heterocycles. The van der Waals surface area contributed by atoms with Crippen LogP contribution < -0.4 is 5.73 Å². The molecule has 2 heterocycles. The SMILES string of the molecule is NCCc1ccc(-c2c(C(=O)O)sc3ncccc23)cc1. The van der Waals surface area contributed by atoms with E-state index in [0.717, 1.165) is 33.3 Å². The van der Waals surface area contributed by atoms with Gasteiger partial charge in [0.1, 0.15) is 9.71 Å². The second-order valence-corrected chi connectivity index (χ2v) is 5.70. The van der Waals surface area contributed by atoms with Gasteiger partial charge in [-0.2, -0.15) is 0 Å². The van der Waals surface area contributed by atoms with Crippen LogP contribution in [0.3, 0.4) is 0 Å². The van der Waals surface area contributed by atoms with Gasteiger partial charge >= 0.3 is 5.97 Å². The van der Waals surface area contributed by atoms with Crippen LogP contribution in [0.4, 0.5) is 0 Å². The molecule has 21 heavy (non-hydrogen) atoms. The van der Waals surface area contributed by atoms with Crippen LogP contribution in [0, 0.1) is 0 Å². The number of thiophene rings is 1. The number of carbonyl (C=O) groups is 1. The lowest BCUT2D eigenvalue weighted by molar-refractivity contribution is 0.0703. The van der Waals surface area contributed by atoms with Gasteiger partial charge in [-0.3, -0.25) is 0 Å². The molecule has 3 rings (SSSR count). The van der Waals surface area contributed by atoms with Crippen LogP contribution in [0.2, 0.25) is 0 Å². The van der Waals surface area contributed by atoms with Crippen LogP contribution >= 0.6 is 11.3 Å². The van der Waals surface area contributed by atoms with Crippen molar-refractivity contribution in [3.63, 3.8) is 0 Å². The van der Waals surface area contributed by atoms with Crippen LogP contribution in [-0.4, -0.2) is 22.6 Å². The second kappa shape index (κ2) is 5.63. The van der Waals surface area contributed by atoms with Gasteiger partial charge in [-0.15, -0.1) is 11.3 Å². The Labute approximate surface area is 125 Å². The van der Waals surface area contributed by atoms with Crippen LogP contribution in [0.1, 0.15) is 15.2 Å². The highest BCUT2D eigenvalue weighted by atomic mass is 32.1. The molecule has 4 nitrogen and oxygen atoms in total. The van der Waals surface area contributed by atoms with Crippen LogP contribution in [0.15, 0.2) is 42.6 Å². The third kappa shape index (κ3) is 2.53. The molecule has 106 valence electrons. The molecule has 0 amide bonds. The van der Waals surface area contributed by atoms with E-state index < -0.39 is 5.97 Å². The summed E-state index contributed by atoms with van der Waals surface area (Å²) in [6, 6.07) is 11.6. The van der Waals surface area contributed by atoms with E-state index in [1.807, 2.05) is 36.4 Å². The quantitative estimate of drug-likeness (QED) is 0.775. The van der Waals surface area contributed by atoms with Crippen LogP contribution in [0.5, 0.6) is 0 Å². The standard InChI is InChI=1S/C16H14N2O2S/c17-8-7-10-3-5-11(6-4-10)13-12-2-1-9-18-15(12)21-14(13)16(19)20/h1-6,9H,7-8,17H2,(H,19,20). The number of hydrogen-bond donors (Lipinski definition) is 2. The van der Waals surface area contributed by atoms with Crippen molar-refractivity contribution in [2.75, 3.05) is 6.54 Å². The van der Waals surface area contributed by atoms with Crippen molar-refractivity contribution in [2.45, 2.75) is 6.42 Å². The first kappa shape index (κ1) is 13.7. The molecule has 0 aliphatic heterocycles. The summed E-state index contributed by atoms with van der Waals surface area (Å²) in [6.45, 7) is 0.602. The molecule has 3 N–H and O–H groups in total. The fourth-order valence-electron chi connectivity index (χ4n) is 2.37. The van der Waals surface area contributed by atoms with Crippen molar-refractivity contribution in [1.29, 1.82) is 0 Å². The molecular weight excluding hydrogens is 284 g/mol. The van der Waals surface area contributed by atoms with E-state index in [9.17, 15) is 9.90 Å². The van der Waals surface area contributed by atoms with Gasteiger partial charge in [0, 0.05) is 17.1 Å². The molecule has 0 spiro atoms. The van der Waals surface area contributed by atoms with E-state index >= 15 is 0 Å². The van der Waals surface area contributed by atoms with E-state index in [1.165, 1.54) is 11.3 Å². The predicted octanol–water partition coefficient (Wildman–Crippen LogP) is 3.16. The number of pyridine rings is 1. The third-order valence-electron chi connectivity index (χ3n) is 3.34. The molecule has 0 unspecified atom stereocenters. The first-order valence-electron chi connectivity index (χ1n) is 6.61. The number of hydrogen-bond acceptors (Lipinski definition) is 4. The van der Waals surface area contributed by atoms with Crippen molar-refractivity contribution in [3.05, 3.63) is 53.0 Å². The molecule has 0 fully saturated rings. The Bertz CT molecular complexity index is 794. The number of carboxylic acid groups (broad SMARTS) is 1. The number of nitrogens with zero attached hydrogens (tertiary/aromatic N) is 1. The Morgan fingerprint density at radius 2 is 2.00 bits per heavy atom. The predicted molar refractivity (Wildman–Crippen MR) is 84.8 cm³/mol. The lowest BCUT2D eigenvalue weighted by Gasteiger charge is -2.04. The normalized spacial score (nSPS) is 10.9. The highest BCUT2D eigenvalue weighted by Crippen LogP contribution is 2.37. The molecule has 0 aliphatic rings. The average molecular weight is 298 g/mol. The summed E-state index contributed by atoms with van der Waals surface area (Å²) in [5.74, 6) is -0.918. The summed E-state index contributed by atoms with van der Waals surface area (Å²) in [5, 5.41) is 10.3. The fourth-order valence-corrected chi connectivity index (χ4v) is 3.38. The summed E-state index contributed by atoms with van der Waals surface area (Å²) in [4.78, 5) is 16.8. The zero-order chi connectivity index (χ0) is 14.8. The van der Waals surface area contributed by atoms with Crippen molar-refractivity contribution in [3.8, 4) is 11.1 Å². The third-order valence-corrected chi connectivity index (χ3v) is 4.44. The maximum atomic E-state index is 11.5. The van der Waals surface area contributed by atoms with Crippen molar-refractivity contribution in [2.24, 2.45) is 5.73 Å². The molecule has 0 radical (unpaired) electrons. The molecule has 0 aliphatic carbocycles. The van der Waals surface area contributed by atoms with E-state index in [1.54, 1.807) is 6.20 Å². The number of carboxylic acids is 1. The van der Waals surface area contributed by atoms with Gasteiger partial charge in [-0.25, -0.2) is 9.78 Å². The number of nitrogens with two attached hydrogens (primary N) is 1. The first-order chi connectivity index (χ1) is 10.2. The van der Waals surface area contributed by atoms with E-state index in [-0.39, 0.29) is 0 Å². The van der Waals surface area contributed by atoms with Crippen molar-refractivity contribution >= 4 is 27.5 Å². The number of fused-ring (bicyclic) bond motifs is 1. The summed E-state index contributed by atoms with van der Waals surface area (Å²) in [6.07, 6.45) is 2.50. The number of rotatable bonds is 4. The van der Waals surface area contributed by atoms with E-state index in [4.69, 9.17) is 5.73 Å². The highest BCUT2D eigenvalue weighted by molar-refractivity contribution is 7.21. The highest BCUT2D eigenvalue weighted by Gasteiger charge is 2.19. The fraction of sp³-hybridized carbons (Fsp3) is 0.125. The van der Waals surface area contributed by atoms with Gasteiger partial charge in [0.05, 0.1) is 0 Å². The van der Waals surface area contributed by atoms with Gasteiger partial charge < -0.3 is 10.8 Å². The molecular formula is C16H14N2O2S. The summed E-state index contributed by atoms with van der Waals surface area (Å²) < 4.78 is 0. The van der Waals surface area contributed by atoms with Crippen molar-refractivity contribution < 1.29 is 9.90 Å². The largest absolute Gasteiger partial charge is 0.477 e. The monoisotopic (exact) mass is 298 g/mol. The van der Waals surface area contributed by atoms with E-state index in [2.05, 4.69) is 4.98 Å². The lowest BCUT2D eigenvalue weighted by Crippen LogP contribution is -2.02. The lowest BCUT2D eigenvalue weighted by atomic mass is 10.0. The zero-order valence-electron chi connectivity index (χ0n) is 11.2. The Hall–Kier alpha value is -2.24. The van der Waals surface area contributed by atoms with Gasteiger partial charge in [0.15, 0.2) is 0 Å². The van der Waals surface area contributed by atoms with Crippen molar-refractivity contribution in [1.82, 2.24) is 4.98 Å². The number of aromatic nitrogens is 1. The van der Waals surface area contributed by atoms with Gasteiger partial charge in [0.25, 0.3) is 0 Å². The summed E-state index contributed by atoms with van der Waals surface area (Å²) >= 11 is 1.21. The molecule has 1 aromatic carbocycles. The van der Waals surface area contributed by atoms with Crippen LogP contribution in [-0.2, 0) is 6.42 Å². The van der Waals surface area contributed by atoms with Gasteiger partial charge in [0.2, 0.25) is 0 Å². The van der Waals surface area contributed by atoms with Gasteiger partial charge in [-0.05, 0) is 36.2 Å². The minimum atomic E-state index is -0.918. The molecule has 5 heteroatoms.